The van der Waals surface area contributed by atoms with Crippen molar-refractivity contribution in [3.05, 3.63) is 0 Å². The van der Waals surface area contributed by atoms with Crippen molar-refractivity contribution in [1.29, 1.82) is 0 Å². The molecule has 4 N–H and O–H groups in total. The molecule has 0 aromatic heterocycles. The lowest BCUT2D eigenvalue weighted by molar-refractivity contribution is 0.124. The SMILES string of the molecule is CCN=C(NN)NC1C2(C)CCC(C2)C1(C)C. The van der Waals surface area contributed by atoms with Crippen LogP contribution in [0.1, 0.15) is 47.0 Å². The van der Waals surface area contributed by atoms with Crippen molar-refractivity contribution in [3.8, 4) is 0 Å². The van der Waals surface area contributed by atoms with Crippen LogP contribution in [0.15, 0.2) is 4.99 Å². The highest BCUT2D eigenvalue weighted by atomic mass is 15.3. The maximum Gasteiger partial charge on any atom is 0.205 e. The molecule has 0 amide bonds. The van der Waals surface area contributed by atoms with Gasteiger partial charge in [0, 0.05) is 12.6 Å². The van der Waals surface area contributed by atoms with Crippen molar-refractivity contribution in [1.82, 2.24) is 10.7 Å². The standard InChI is InChI=1S/C13H26N4/c1-5-15-11(17-14)16-10-12(2,3)9-6-7-13(10,4)8-9/h9-10H,5-8,14H2,1-4H3,(H2,15,16,17). The molecule has 0 saturated heterocycles. The van der Waals surface area contributed by atoms with Crippen molar-refractivity contribution in [3.63, 3.8) is 0 Å². The van der Waals surface area contributed by atoms with Crippen LogP contribution in [0.2, 0.25) is 0 Å². The van der Waals surface area contributed by atoms with Gasteiger partial charge in [-0.3, -0.25) is 10.4 Å². The summed E-state index contributed by atoms with van der Waals surface area (Å²) in [6, 6.07) is 0.468. The first-order chi connectivity index (χ1) is 7.94. The molecule has 98 valence electrons. The minimum absolute atomic E-state index is 0.332. The quantitative estimate of drug-likeness (QED) is 0.296. The highest BCUT2D eigenvalue weighted by molar-refractivity contribution is 5.79. The van der Waals surface area contributed by atoms with Crippen LogP contribution in [-0.4, -0.2) is 18.5 Å². The Morgan fingerprint density at radius 3 is 2.59 bits per heavy atom. The summed E-state index contributed by atoms with van der Waals surface area (Å²) in [7, 11) is 0. The Hall–Kier alpha value is -0.770. The number of guanidine groups is 1. The maximum absolute atomic E-state index is 5.52. The second-order valence-electron chi connectivity index (χ2n) is 6.46. The Kier molecular flexibility index (Phi) is 3.10. The number of nitrogens with zero attached hydrogens (tertiary/aromatic N) is 1. The van der Waals surface area contributed by atoms with E-state index < -0.39 is 0 Å². The summed E-state index contributed by atoms with van der Waals surface area (Å²) in [6.07, 6.45) is 4.03. The predicted octanol–water partition coefficient (Wildman–Crippen LogP) is 1.63. The maximum atomic E-state index is 5.52. The van der Waals surface area contributed by atoms with Gasteiger partial charge in [0.1, 0.15) is 0 Å². The Morgan fingerprint density at radius 1 is 1.41 bits per heavy atom. The van der Waals surface area contributed by atoms with Gasteiger partial charge in [0.05, 0.1) is 0 Å². The number of hydrogen-bond donors (Lipinski definition) is 3. The molecule has 3 atom stereocenters. The molecule has 0 heterocycles. The lowest BCUT2D eigenvalue weighted by Crippen LogP contribution is -2.56. The zero-order valence-electron chi connectivity index (χ0n) is 11.5. The lowest BCUT2D eigenvalue weighted by atomic mass is 9.68. The van der Waals surface area contributed by atoms with E-state index in [0.717, 1.165) is 18.4 Å². The van der Waals surface area contributed by atoms with Crippen molar-refractivity contribution >= 4 is 5.96 Å². The summed E-state index contributed by atoms with van der Waals surface area (Å²) in [5, 5.41) is 3.54. The first-order valence-electron chi connectivity index (χ1n) is 6.71. The van der Waals surface area contributed by atoms with E-state index in [-0.39, 0.29) is 0 Å². The number of hydrazine groups is 1. The van der Waals surface area contributed by atoms with Gasteiger partial charge in [-0.2, -0.15) is 0 Å². The van der Waals surface area contributed by atoms with Crippen molar-refractivity contribution in [2.75, 3.05) is 6.54 Å². The van der Waals surface area contributed by atoms with Gasteiger partial charge in [-0.25, -0.2) is 5.84 Å². The normalized spacial score (nSPS) is 39.5. The summed E-state index contributed by atoms with van der Waals surface area (Å²) < 4.78 is 0. The third-order valence-corrected chi connectivity index (χ3v) is 5.00. The molecule has 17 heavy (non-hydrogen) atoms. The molecular weight excluding hydrogens is 212 g/mol. The summed E-state index contributed by atoms with van der Waals surface area (Å²) in [6.45, 7) is 9.92. The van der Waals surface area contributed by atoms with Crippen LogP contribution >= 0.6 is 0 Å². The molecule has 0 spiro atoms. The molecule has 2 saturated carbocycles. The monoisotopic (exact) mass is 238 g/mol. The first-order valence-corrected chi connectivity index (χ1v) is 6.71. The Morgan fingerprint density at radius 2 is 2.12 bits per heavy atom. The largest absolute Gasteiger partial charge is 0.351 e. The number of nitrogens with two attached hydrogens (primary N) is 1. The molecule has 0 aliphatic heterocycles. The summed E-state index contributed by atoms with van der Waals surface area (Å²) in [5.74, 6) is 7.10. The number of fused-ring (bicyclic) bond motifs is 2. The van der Waals surface area contributed by atoms with Crippen LogP contribution in [0.5, 0.6) is 0 Å². The fourth-order valence-corrected chi connectivity index (χ4v) is 4.09. The Balaban J connectivity index is 2.17. The smallest absolute Gasteiger partial charge is 0.205 e. The van der Waals surface area contributed by atoms with E-state index in [1.807, 2.05) is 6.92 Å². The molecule has 0 aromatic rings. The number of nitrogens with one attached hydrogen (secondary N) is 2. The molecule has 4 nitrogen and oxygen atoms in total. The first kappa shape index (κ1) is 12.7. The summed E-state index contributed by atoms with van der Waals surface area (Å²) in [4.78, 5) is 4.36. The Bertz CT molecular complexity index is 319. The van der Waals surface area contributed by atoms with Gasteiger partial charge < -0.3 is 5.32 Å². The van der Waals surface area contributed by atoms with E-state index in [1.165, 1.54) is 19.3 Å². The highest BCUT2D eigenvalue weighted by Crippen LogP contribution is 2.62. The van der Waals surface area contributed by atoms with Gasteiger partial charge in [0.25, 0.3) is 0 Å². The molecule has 0 aromatic carbocycles. The van der Waals surface area contributed by atoms with E-state index in [2.05, 4.69) is 36.5 Å². The van der Waals surface area contributed by atoms with E-state index >= 15 is 0 Å². The van der Waals surface area contributed by atoms with Gasteiger partial charge in [-0.15, -0.1) is 0 Å². The molecular formula is C13H26N4. The van der Waals surface area contributed by atoms with Crippen LogP contribution in [0.25, 0.3) is 0 Å². The minimum Gasteiger partial charge on any atom is -0.351 e. The van der Waals surface area contributed by atoms with Gasteiger partial charge in [-0.1, -0.05) is 20.8 Å². The van der Waals surface area contributed by atoms with E-state index in [0.29, 0.717) is 16.9 Å². The lowest BCUT2D eigenvalue weighted by Gasteiger charge is -2.43. The summed E-state index contributed by atoms with van der Waals surface area (Å²) in [5.41, 5.74) is 3.42. The molecule has 4 heteroatoms. The van der Waals surface area contributed by atoms with E-state index in [4.69, 9.17) is 5.84 Å². The predicted molar refractivity (Wildman–Crippen MR) is 71.5 cm³/mol. The summed E-state index contributed by atoms with van der Waals surface area (Å²) >= 11 is 0. The highest BCUT2D eigenvalue weighted by Gasteiger charge is 2.59. The number of aliphatic imine (C=N–C) groups is 1. The Labute approximate surface area is 104 Å². The van der Waals surface area contributed by atoms with E-state index in [9.17, 15) is 0 Å². The molecule has 2 aliphatic rings. The molecule has 2 rings (SSSR count). The minimum atomic E-state index is 0.332. The topological polar surface area (TPSA) is 62.4 Å². The third kappa shape index (κ3) is 1.92. The van der Waals surface area contributed by atoms with Gasteiger partial charge in [0.15, 0.2) is 0 Å². The fraction of sp³-hybridized carbons (Fsp3) is 0.923. The molecule has 2 aliphatic carbocycles. The molecule has 2 fully saturated rings. The van der Waals surface area contributed by atoms with Gasteiger partial charge in [-0.05, 0) is 42.9 Å². The third-order valence-electron chi connectivity index (χ3n) is 5.00. The van der Waals surface area contributed by atoms with Gasteiger partial charge >= 0.3 is 0 Å². The number of hydrogen-bond acceptors (Lipinski definition) is 2. The fourth-order valence-electron chi connectivity index (χ4n) is 4.09. The van der Waals surface area contributed by atoms with Crippen LogP contribution in [0.3, 0.4) is 0 Å². The van der Waals surface area contributed by atoms with Crippen molar-refractivity contribution in [2.45, 2.75) is 53.0 Å². The molecule has 0 radical (unpaired) electrons. The average molecular weight is 238 g/mol. The number of rotatable bonds is 2. The van der Waals surface area contributed by atoms with Crippen molar-refractivity contribution in [2.24, 2.45) is 27.6 Å². The van der Waals surface area contributed by atoms with Crippen LogP contribution in [0.4, 0.5) is 0 Å². The van der Waals surface area contributed by atoms with Crippen LogP contribution in [0, 0.1) is 16.7 Å². The average Bonchev–Trinajstić information content (AvgIpc) is 2.74. The zero-order valence-corrected chi connectivity index (χ0v) is 11.5. The second-order valence-corrected chi connectivity index (χ2v) is 6.46. The van der Waals surface area contributed by atoms with E-state index in [1.54, 1.807) is 0 Å². The zero-order chi connectivity index (χ0) is 12.7. The van der Waals surface area contributed by atoms with Crippen LogP contribution in [-0.2, 0) is 0 Å². The molecule has 2 bridgehead atoms. The van der Waals surface area contributed by atoms with Gasteiger partial charge in [0.2, 0.25) is 5.96 Å². The van der Waals surface area contributed by atoms with Crippen LogP contribution < -0.4 is 16.6 Å². The second kappa shape index (κ2) is 4.16. The molecule has 3 unspecified atom stereocenters. The van der Waals surface area contributed by atoms with Crippen molar-refractivity contribution < 1.29 is 0 Å².